The fraction of sp³-hybridized carbons (Fsp3) is 0.333. The first-order chi connectivity index (χ1) is 5.77. The summed E-state index contributed by atoms with van der Waals surface area (Å²) in [6, 6.07) is 6.15. The van der Waals surface area contributed by atoms with E-state index in [1.54, 1.807) is 11.8 Å². The van der Waals surface area contributed by atoms with Crippen LogP contribution in [0.5, 0.6) is 0 Å². The highest BCUT2D eigenvalue weighted by molar-refractivity contribution is 7.98. The Balaban J connectivity index is 2.87. The van der Waals surface area contributed by atoms with Gasteiger partial charge in [0.25, 0.3) is 0 Å². The minimum atomic E-state index is 0.827. The smallest absolute Gasteiger partial charge is 0.0462 e. The second kappa shape index (κ2) is 4.75. The Morgan fingerprint density at radius 3 is 2.75 bits per heavy atom. The van der Waals surface area contributed by atoms with Crippen LogP contribution in [0.25, 0.3) is 0 Å². The normalized spacial score (nSPS) is 10.2. The molecule has 1 aromatic rings. The first-order valence-corrected chi connectivity index (χ1v) is 5.35. The summed E-state index contributed by atoms with van der Waals surface area (Å²) in [6.45, 7) is 0.827. The molecule has 3 heteroatoms. The van der Waals surface area contributed by atoms with Gasteiger partial charge < -0.3 is 5.32 Å². The van der Waals surface area contributed by atoms with Crippen molar-refractivity contribution in [2.45, 2.75) is 11.4 Å². The monoisotopic (exact) mass is 201 g/mol. The fourth-order valence-electron chi connectivity index (χ4n) is 0.989. The third-order valence-corrected chi connectivity index (χ3v) is 2.70. The molecule has 0 amide bonds. The van der Waals surface area contributed by atoms with Crippen molar-refractivity contribution in [3.05, 3.63) is 28.8 Å². The predicted octanol–water partition coefficient (Wildman–Crippen LogP) is 2.78. The molecule has 0 aliphatic heterocycles. The molecule has 0 aromatic heterocycles. The van der Waals surface area contributed by atoms with Crippen LogP contribution in [0.1, 0.15) is 5.56 Å². The van der Waals surface area contributed by atoms with Gasteiger partial charge in [0.1, 0.15) is 0 Å². The van der Waals surface area contributed by atoms with E-state index >= 15 is 0 Å². The summed E-state index contributed by atoms with van der Waals surface area (Å²) in [7, 11) is 1.92. The molecule has 1 aromatic carbocycles. The fourth-order valence-corrected chi connectivity index (χ4v) is 1.74. The molecule has 0 radical (unpaired) electrons. The average molecular weight is 202 g/mol. The topological polar surface area (TPSA) is 12.0 Å². The average Bonchev–Trinajstić information content (AvgIpc) is 2.09. The van der Waals surface area contributed by atoms with Gasteiger partial charge in [-0.25, -0.2) is 0 Å². The number of halogens is 1. The predicted molar refractivity (Wildman–Crippen MR) is 56.0 cm³/mol. The zero-order valence-corrected chi connectivity index (χ0v) is 8.80. The van der Waals surface area contributed by atoms with Gasteiger partial charge >= 0.3 is 0 Å². The van der Waals surface area contributed by atoms with Gasteiger partial charge in [-0.2, -0.15) is 0 Å². The maximum absolute atomic E-state index is 6.03. The summed E-state index contributed by atoms with van der Waals surface area (Å²) in [5.74, 6) is 0. The Bertz CT molecular complexity index is 263. The van der Waals surface area contributed by atoms with Gasteiger partial charge in [-0.1, -0.05) is 17.7 Å². The standard InChI is InChI=1S/C9H12ClNS/c1-11-6-7-3-4-8(12-2)5-9(7)10/h3-5,11H,6H2,1-2H3. The Hall–Kier alpha value is -0.180. The molecule has 66 valence electrons. The Labute approximate surface area is 82.5 Å². The van der Waals surface area contributed by atoms with Crippen molar-refractivity contribution in [3.8, 4) is 0 Å². The summed E-state index contributed by atoms with van der Waals surface area (Å²) in [5, 5.41) is 3.91. The molecule has 0 spiro atoms. The van der Waals surface area contributed by atoms with Crippen LogP contribution in [0.15, 0.2) is 23.1 Å². The maximum atomic E-state index is 6.03. The van der Waals surface area contributed by atoms with Crippen LogP contribution in [-0.4, -0.2) is 13.3 Å². The Morgan fingerprint density at radius 2 is 2.25 bits per heavy atom. The number of thioether (sulfide) groups is 1. The number of rotatable bonds is 3. The van der Waals surface area contributed by atoms with E-state index in [1.165, 1.54) is 4.90 Å². The van der Waals surface area contributed by atoms with Gasteiger partial charge in [-0.15, -0.1) is 11.8 Å². The lowest BCUT2D eigenvalue weighted by Gasteiger charge is -2.04. The summed E-state index contributed by atoms with van der Waals surface area (Å²) in [4.78, 5) is 1.21. The summed E-state index contributed by atoms with van der Waals surface area (Å²) < 4.78 is 0. The molecule has 1 rings (SSSR count). The number of benzene rings is 1. The van der Waals surface area contributed by atoms with Crippen LogP contribution in [0, 0.1) is 0 Å². The summed E-state index contributed by atoms with van der Waals surface area (Å²) >= 11 is 7.74. The van der Waals surface area contributed by atoms with E-state index in [0.29, 0.717) is 0 Å². The molecule has 0 atom stereocenters. The largest absolute Gasteiger partial charge is 0.316 e. The molecule has 0 unspecified atom stereocenters. The lowest BCUT2D eigenvalue weighted by atomic mass is 10.2. The molecule has 0 fully saturated rings. The maximum Gasteiger partial charge on any atom is 0.0462 e. The highest BCUT2D eigenvalue weighted by atomic mass is 35.5. The summed E-state index contributed by atoms with van der Waals surface area (Å²) in [6.07, 6.45) is 2.05. The van der Waals surface area contributed by atoms with Crippen molar-refractivity contribution in [3.63, 3.8) is 0 Å². The van der Waals surface area contributed by atoms with Crippen molar-refractivity contribution >= 4 is 23.4 Å². The van der Waals surface area contributed by atoms with Crippen LogP contribution < -0.4 is 5.32 Å². The van der Waals surface area contributed by atoms with Gasteiger partial charge in [-0.05, 0) is 31.0 Å². The highest BCUT2D eigenvalue weighted by Gasteiger charge is 1.99. The van der Waals surface area contributed by atoms with E-state index in [2.05, 4.69) is 17.4 Å². The second-order valence-corrected chi connectivity index (χ2v) is 3.77. The van der Waals surface area contributed by atoms with Gasteiger partial charge in [0.15, 0.2) is 0 Å². The van der Waals surface area contributed by atoms with Crippen molar-refractivity contribution in [1.82, 2.24) is 5.32 Å². The van der Waals surface area contributed by atoms with Crippen LogP contribution in [0.4, 0.5) is 0 Å². The molecule has 0 aliphatic carbocycles. The molecule has 0 aliphatic rings. The molecular formula is C9H12ClNS. The molecule has 1 nitrogen and oxygen atoms in total. The van der Waals surface area contributed by atoms with Crippen LogP contribution in [-0.2, 0) is 6.54 Å². The molecule has 0 saturated carbocycles. The minimum absolute atomic E-state index is 0.827. The molecule has 0 saturated heterocycles. The Kier molecular flexibility index (Phi) is 3.92. The van der Waals surface area contributed by atoms with E-state index in [9.17, 15) is 0 Å². The quantitative estimate of drug-likeness (QED) is 0.755. The highest BCUT2D eigenvalue weighted by Crippen LogP contribution is 2.22. The van der Waals surface area contributed by atoms with Gasteiger partial charge in [-0.3, -0.25) is 0 Å². The first kappa shape index (κ1) is 9.90. The Morgan fingerprint density at radius 1 is 1.50 bits per heavy atom. The van der Waals surface area contributed by atoms with Crippen LogP contribution >= 0.6 is 23.4 Å². The van der Waals surface area contributed by atoms with Gasteiger partial charge in [0.2, 0.25) is 0 Å². The van der Waals surface area contributed by atoms with Gasteiger partial charge in [0.05, 0.1) is 0 Å². The molecule has 1 N–H and O–H groups in total. The third-order valence-electron chi connectivity index (χ3n) is 1.63. The molecule has 0 bridgehead atoms. The van der Waals surface area contributed by atoms with Crippen LogP contribution in [0.2, 0.25) is 5.02 Å². The lowest BCUT2D eigenvalue weighted by Crippen LogP contribution is -2.05. The van der Waals surface area contributed by atoms with E-state index < -0.39 is 0 Å². The zero-order chi connectivity index (χ0) is 8.97. The number of hydrogen-bond acceptors (Lipinski definition) is 2. The SMILES string of the molecule is CNCc1ccc(SC)cc1Cl. The first-order valence-electron chi connectivity index (χ1n) is 3.75. The summed E-state index contributed by atoms with van der Waals surface area (Å²) in [5.41, 5.74) is 1.15. The lowest BCUT2D eigenvalue weighted by molar-refractivity contribution is 0.817. The van der Waals surface area contributed by atoms with Crippen LogP contribution in [0.3, 0.4) is 0 Å². The molecule has 12 heavy (non-hydrogen) atoms. The van der Waals surface area contributed by atoms with Crippen molar-refractivity contribution < 1.29 is 0 Å². The number of nitrogens with one attached hydrogen (secondary N) is 1. The van der Waals surface area contributed by atoms with Crippen molar-refractivity contribution in [1.29, 1.82) is 0 Å². The number of hydrogen-bond donors (Lipinski definition) is 1. The second-order valence-electron chi connectivity index (χ2n) is 2.49. The van der Waals surface area contributed by atoms with Crippen molar-refractivity contribution in [2.75, 3.05) is 13.3 Å². The van der Waals surface area contributed by atoms with E-state index in [-0.39, 0.29) is 0 Å². The minimum Gasteiger partial charge on any atom is -0.316 e. The van der Waals surface area contributed by atoms with Crippen molar-refractivity contribution in [2.24, 2.45) is 0 Å². The van der Waals surface area contributed by atoms with E-state index in [1.807, 2.05) is 19.4 Å². The van der Waals surface area contributed by atoms with Gasteiger partial charge in [0, 0.05) is 16.5 Å². The molecule has 0 heterocycles. The zero-order valence-electron chi connectivity index (χ0n) is 7.23. The molecular weight excluding hydrogens is 190 g/mol. The van der Waals surface area contributed by atoms with E-state index in [0.717, 1.165) is 17.1 Å². The van der Waals surface area contributed by atoms with E-state index in [4.69, 9.17) is 11.6 Å². The third kappa shape index (κ3) is 2.41.